The van der Waals surface area contributed by atoms with Gasteiger partial charge in [-0.15, -0.1) is 11.3 Å². The monoisotopic (exact) mass is 342 g/mol. The van der Waals surface area contributed by atoms with Crippen LogP contribution in [0.1, 0.15) is 38.0 Å². The first-order valence-electron chi connectivity index (χ1n) is 7.33. The average Bonchev–Trinajstić information content (AvgIpc) is 3.19. The second-order valence-electron chi connectivity index (χ2n) is 6.19. The van der Waals surface area contributed by atoms with Crippen molar-refractivity contribution in [2.24, 2.45) is 5.92 Å². The predicted molar refractivity (Wildman–Crippen MR) is 85.6 cm³/mol. The number of hydrogen-bond acceptors (Lipinski definition) is 3. The number of nitrogens with one attached hydrogen (secondary N) is 1. The lowest BCUT2D eigenvalue weighted by molar-refractivity contribution is 0.0277. The smallest absolute Gasteiger partial charge is 0.0346 e. The fourth-order valence-electron chi connectivity index (χ4n) is 3.24. The summed E-state index contributed by atoms with van der Waals surface area (Å²) < 4.78 is 1.28. The van der Waals surface area contributed by atoms with Gasteiger partial charge < -0.3 is 5.32 Å². The Morgan fingerprint density at radius 3 is 2.89 bits per heavy atom. The molecule has 3 rings (SSSR count). The highest BCUT2D eigenvalue weighted by molar-refractivity contribution is 9.10. The highest BCUT2D eigenvalue weighted by atomic mass is 79.9. The molecule has 2 atom stereocenters. The molecule has 2 unspecified atom stereocenters. The fourth-order valence-corrected chi connectivity index (χ4v) is 4.73. The standard InChI is InChI=1S/C15H23BrN2S/c1-3-12-8-18(9-14-13(16)6-7-19-14)15(2,10-17-12)11-4-5-11/h6-7,11-12,17H,3-5,8-10H2,1-2H3. The Morgan fingerprint density at radius 1 is 1.53 bits per heavy atom. The van der Waals surface area contributed by atoms with Crippen LogP contribution in [0, 0.1) is 5.92 Å². The quantitative estimate of drug-likeness (QED) is 0.893. The van der Waals surface area contributed by atoms with Crippen LogP contribution >= 0.6 is 27.3 Å². The largest absolute Gasteiger partial charge is 0.311 e. The molecule has 1 aliphatic heterocycles. The molecule has 1 saturated carbocycles. The predicted octanol–water partition coefficient (Wildman–Crippen LogP) is 3.86. The van der Waals surface area contributed by atoms with Crippen LogP contribution in [0.15, 0.2) is 15.9 Å². The lowest BCUT2D eigenvalue weighted by Crippen LogP contribution is -2.63. The van der Waals surface area contributed by atoms with E-state index in [-0.39, 0.29) is 0 Å². The Bertz CT molecular complexity index is 443. The minimum absolute atomic E-state index is 0.356. The first-order chi connectivity index (χ1) is 9.13. The molecule has 2 heterocycles. The summed E-state index contributed by atoms with van der Waals surface area (Å²) in [6, 6.07) is 2.83. The average molecular weight is 343 g/mol. The minimum atomic E-state index is 0.356. The molecule has 0 aromatic carbocycles. The van der Waals surface area contributed by atoms with E-state index in [0.29, 0.717) is 11.6 Å². The maximum atomic E-state index is 3.75. The van der Waals surface area contributed by atoms with Crippen LogP contribution in [-0.2, 0) is 6.54 Å². The number of rotatable bonds is 4. The Balaban J connectivity index is 1.79. The summed E-state index contributed by atoms with van der Waals surface area (Å²) in [5, 5.41) is 5.94. The number of halogens is 1. The molecule has 19 heavy (non-hydrogen) atoms. The maximum Gasteiger partial charge on any atom is 0.0346 e. The van der Waals surface area contributed by atoms with Gasteiger partial charge in [-0.25, -0.2) is 0 Å². The van der Waals surface area contributed by atoms with E-state index in [1.165, 1.54) is 35.2 Å². The molecule has 0 radical (unpaired) electrons. The van der Waals surface area contributed by atoms with E-state index in [1.807, 2.05) is 11.3 Å². The van der Waals surface area contributed by atoms with Crippen molar-refractivity contribution in [1.29, 1.82) is 0 Å². The topological polar surface area (TPSA) is 15.3 Å². The van der Waals surface area contributed by atoms with Gasteiger partial charge in [-0.1, -0.05) is 6.92 Å². The Morgan fingerprint density at radius 2 is 2.32 bits per heavy atom. The number of thiophene rings is 1. The van der Waals surface area contributed by atoms with Gasteiger partial charge in [0.25, 0.3) is 0 Å². The molecule has 1 aromatic rings. The zero-order chi connectivity index (χ0) is 13.5. The van der Waals surface area contributed by atoms with E-state index in [1.54, 1.807) is 0 Å². The first kappa shape index (κ1) is 14.1. The molecule has 2 aliphatic rings. The molecule has 1 aromatic heterocycles. The van der Waals surface area contributed by atoms with Crippen LogP contribution in [0.5, 0.6) is 0 Å². The van der Waals surface area contributed by atoms with Crippen LogP contribution in [0.25, 0.3) is 0 Å². The summed E-state index contributed by atoms with van der Waals surface area (Å²) in [6.07, 6.45) is 4.05. The van der Waals surface area contributed by atoms with Gasteiger partial charge in [0.2, 0.25) is 0 Å². The summed E-state index contributed by atoms with van der Waals surface area (Å²) >= 11 is 5.56. The molecular weight excluding hydrogens is 320 g/mol. The van der Waals surface area contributed by atoms with Gasteiger partial charge in [0.1, 0.15) is 0 Å². The molecule has 2 fully saturated rings. The summed E-state index contributed by atoms with van der Waals surface area (Å²) in [6.45, 7) is 8.19. The zero-order valence-corrected chi connectivity index (χ0v) is 14.2. The lowest BCUT2D eigenvalue weighted by Gasteiger charge is -2.48. The van der Waals surface area contributed by atoms with Crippen molar-refractivity contribution in [1.82, 2.24) is 10.2 Å². The van der Waals surface area contributed by atoms with Crippen molar-refractivity contribution in [2.45, 2.75) is 51.2 Å². The molecule has 106 valence electrons. The lowest BCUT2D eigenvalue weighted by atomic mass is 9.89. The molecular formula is C15H23BrN2S. The second kappa shape index (κ2) is 5.47. The molecule has 1 saturated heterocycles. The highest BCUT2D eigenvalue weighted by Crippen LogP contribution is 2.45. The summed E-state index contributed by atoms with van der Waals surface area (Å²) in [5.74, 6) is 0.900. The minimum Gasteiger partial charge on any atom is -0.311 e. The Hall–Kier alpha value is 0.1000. The van der Waals surface area contributed by atoms with Crippen LogP contribution in [0.4, 0.5) is 0 Å². The number of piperazine rings is 1. The maximum absolute atomic E-state index is 3.75. The van der Waals surface area contributed by atoms with E-state index in [2.05, 4.69) is 51.4 Å². The van der Waals surface area contributed by atoms with Gasteiger partial charge in [0, 0.05) is 40.6 Å². The van der Waals surface area contributed by atoms with Crippen LogP contribution in [0.3, 0.4) is 0 Å². The van der Waals surface area contributed by atoms with Crippen LogP contribution in [-0.4, -0.2) is 29.6 Å². The van der Waals surface area contributed by atoms with Crippen molar-refractivity contribution >= 4 is 27.3 Å². The van der Waals surface area contributed by atoms with Gasteiger partial charge >= 0.3 is 0 Å². The molecule has 4 heteroatoms. The van der Waals surface area contributed by atoms with Crippen molar-refractivity contribution in [2.75, 3.05) is 13.1 Å². The summed E-state index contributed by atoms with van der Waals surface area (Å²) in [4.78, 5) is 4.22. The summed E-state index contributed by atoms with van der Waals surface area (Å²) in [7, 11) is 0. The Labute approximate surface area is 128 Å². The molecule has 0 bridgehead atoms. The van der Waals surface area contributed by atoms with Crippen LogP contribution in [0.2, 0.25) is 0 Å². The SMILES string of the molecule is CCC1CN(Cc2sccc2Br)C(C)(C2CC2)CN1. The fraction of sp³-hybridized carbons (Fsp3) is 0.733. The second-order valence-corrected chi connectivity index (χ2v) is 8.04. The highest BCUT2D eigenvalue weighted by Gasteiger charge is 2.48. The van der Waals surface area contributed by atoms with Crippen molar-refractivity contribution < 1.29 is 0 Å². The van der Waals surface area contributed by atoms with Gasteiger partial charge in [-0.05, 0) is 59.5 Å². The van der Waals surface area contributed by atoms with E-state index in [0.717, 1.165) is 19.0 Å². The van der Waals surface area contributed by atoms with E-state index < -0.39 is 0 Å². The molecule has 1 aliphatic carbocycles. The van der Waals surface area contributed by atoms with Crippen LogP contribution < -0.4 is 5.32 Å². The summed E-state index contributed by atoms with van der Waals surface area (Å²) in [5.41, 5.74) is 0.356. The van der Waals surface area contributed by atoms with Crippen molar-refractivity contribution in [3.05, 3.63) is 20.8 Å². The van der Waals surface area contributed by atoms with E-state index in [4.69, 9.17) is 0 Å². The van der Waals surface area contributed by atoms with Gasteiger partial charge in [-0.2, -0.15) is 0 Å². The molecule has 0 spiro atoms. The first-order valence-corrected chi connectivity index (χ1v) is 9.01. The third-order valence-corrected chi connectivity index (χ3v) is 6.80. The normalized spacial score (nSPS) is 32.7. The third kappa shape index (κ3) is 2.78. The number of hydrogen-bond donors (Lipinski definition) is 1. The van der Waals surface area contributed by atoms with Crippen molar-refractivity contribution in [3.63, 3.8) is 0 Å². The van der Waals surface area contributed by atoms with Gasteiger partial charge in [0.05, 0.1) is 0 Å². The van der Waals surface area contributed by atoms with E-state index in [9.17, 15) is 0 Å². The molecule has 2 nitrogen and oxygen atoms in total. The van der Waals surface area contributed by atoms with Gasteiger partial charge in [-0.3, -0.25) is 4.90 Å². The Kier molecular flexibility index (Phi) is 4.05. The third-order valence-electron chi connectivity index (χ3n) is 4.89. The number of nitrogens with zero attached hydrogens (tertiary/aromatic N) is 1. The molecule has 0 amide bonds. The van der Waals surface area contributed by atoms with Crippen molar-refractivity contribution in [3.8, 4) is 0 Å². The van der Waals surface area contributed by atoms with Gasteiger partial charge in [0.15, 0.2) is 0 Å². The zero-order valence-electron chi connectivity index (χ0n) is 11.8. The van der Waals surface area contributed by atoms with E-state index >= 15 is 0 Å². The molecule has 1 N–H and O–H groups in total.